The third-order valence-corrected chi connectivity index (χ3v) is 3.09. The molecule has 1 saturated heterocycles. The fourth-order valence-corrected chi connectivity index (χ4v) is 1.88. The van der Waals surface area contributed by atoms with Crippen molar-refractivity contribution in [2.24, 2.45) is 11.8 Å². The summed E-state index contributed by atoms with van der Waals surface area (Å²) in [7, 11) is 0. The molecular weight excluding hydrogens is 246 g/mol. The molecule has 1 N–H and O–H groups in total. The molecule has 6 nitrogen and oxygen atoms in total. The van der Waals surface area contributed by atoms with Crippen LogP contribution in [0.1, 0.15) is 20.3 Å². The smallest absolute Gasteiger partial charge is 0.237 e. The van der Waals surface area contributed by atoms with Crippen molar-refractivity contribution in [1.82, 2.24) is 10.2 Å². The maximum absolute atomic E-state index is 11.8. The van der Waals surface area contributed by atoms with E-state index < -0.39 is 5.92 Å². The number of carbonyl (C=O) groups excluding carboxylic acids is 2. The van der Waals surface area contributed by atoms with Crippen LogP contribution >= 0.6 is 0 Å². The van der Waals surface area contributed by atoms with E-state index in [1.54, 1.807) is 4.90 Å². The van der Waals surface area contributed by atoms with E-state index in [1.165, 1.54) is 0 Å². The van der Waals surface area contributed by atoms with Crippen LogP contribution in [0, 0.1) is 23.2 Å². The quantitative estimate of drug-likeness (QED) is 0.768. The van der Waals surface area contributed by atoms with Crippen molar-refractivity contribution in [3.05, 3.63) is 0 Å². The molecule has 0 saturated carbocycles. The van der Waals surface area contributed by atoms with Crippen molar-refractivity contribution in [2.75, 3.05) is 32.8 Å². The van der Waals surface area contributed by atoms with Gasteiger partial charge in [-0.1, -0.05) is 13.8 Å². The van der Waals surface area contributed by atoms with Crippen LogP contribution in [-0.2, 0) is 14.3 Å². The van der Waals surface area contributed by atoms with Crippen LogP contribution in [0.5, 0.6) is 0 Å². The fraction of sp³-hybridized carbons (Fsp3) is 0.769. The van der Waals surface area contributed by atoms with E-state index in [0.717, 1.165) is 0 Å². The molecule has 1 fully saturated rings. The maximum atomic E-state index is 11.8. The van der Waals surface area contributed by atoms with Gasteiger partial charge >= 0.3 is 0 Å². The van der Waals surface area contributed by atoms with Crippen LogP contribution in [0.25, 0.3) is 0 Å². The second-order valence-electron chi connectivity index (χ2n) is 4.88. The number of ether oxygens (including phenoxy) is 1. The number of nitrogens with zero attached hydrogens (tertiary/aromatic N) is 2. The molecule has 106 valence electrons. The first-order valence-electron chi connectivity index (χ1n) is 6.59. The molecule has 1 aliphatic heterocycles. The number of nitrogens with one attached hydrogen (secondary N) is 1. The molecule has 0 spiro atoms. The predicted octanol–water partition coefficient (Wildman–Crippen LogP) is 0.147. The molecule has 1 aliphatic rings. The average Bonchev–Trinajstić information content (AvgIpc) is 2.40. The number of hydrogen-bond donors (Lipinski definition) is 1. The molecule has 0 aromatic rings. The van der Waals surface area contributed by atoms with Gasteiger partial charge in [-0.25, -0.2) is 0 Å². The van der Waals surface area contributed by atoms with Crippen molar-refractivity contribution in [3.63, 3.8) is 0 Å². The zero-order chi connectivity index (χ0) is 14.3. The lowest BCUT2D eigenvalue weighted by atomic mass is 9.97. The molecule has 0 radical (unpaired) electrons. The summed E-state index contributed by atoms with van der Waals surface area (Å²) in [6, 6.07) is 1.98. The van der Waals surface area contributed by atoms with Gasteiger partial charge in [-0.05, 0) is 5.92 Å². The molecule has 0 aromatic carbocycles. The first kappa shape index (κ1) is 15.4. The molecule has 2 amide bonds. The Morgan fingerprint density at radius 1 is 1.37 bits per heavy atom. The number of carbonyl (C=O) groups is 2. The molecule has 0 aliphatic carbocycles. The molecule has 19 heavy (non-hydrogen) atoms. The van der Waals surface area contributed by atoms with Crippen LogP contribution in [0.3, 0.4) is 0 Å². The summed E-state index contributed by atoms with van der Waals surface area (Å²) < 4.78 is 5.17. The van der Waals surface area contributed by atoms with Crippen molar-refractivity contribution in [2.45, 2.75) is 20.3 Å². The van der Waals surface area contributed by atoms with E-state index in [2.05, 4.69) is 5.32 Å². The topological polar surface area (TPSA) is 82.4 Å². The van der Waals surface area contributed by atoms with Crippen LogP contribution in [0.4, 0.5) is 0 Å². The number of hydrogen-bond acceptors (Lipinski definition) is 4. The first-order chi connectivity index (χ1) is 9.06. The Labute approximate surface area is 113 Å². The van der Waals surface area contributed by atoms with E-state index >= 15 is 0 Å². The van der Waals surface area contributed by atoms with E-state index in [9.17, 15) is 9.59 Å². The van der Waals surface area contributed by atoms with Crippen molar-refractivity contribution < 1.29 is 14.3 Å². The summed E-state index contributed by atoms with van der Waals surface area (Å²) in [5, 5.41) is 11.5. The van der Waals surface area contributed by atoms with Gasteiger partial charge in [0.25, 0.3) is 0 Å². The number of amides is 2. The van der Waals surface area contributed by atoms with E-state index in [-0.39, 0.29) is 30.7 Å². The van der Waals surface area contributed by atoms with Crippen LogP contribution in [0.2, 0.25) is 0 Å². The monoisotopic (exact) mass is 267 g/mol. The second kappa shape index (κ2) is 7.74. The lowest BCUT2D eigenvalue weighted by molar-refractivity contribution is -0.135. The highest BCUT2D eigenvalue weighted by Crippen LogP contribution is 2.09. The highest BCUT2D eigenvalue weighted by atomic mass is 16.5. The van der Waals surface area contributed by atoms with Gasteiger partial charge in [0.2, 0.25) is 11.8 Å². The summed E-state index contributed by atoms with van der Waals surface area (Å²) in [4.78, 5) is 25.2. The molecule has 1 unspecified atom stereocenters. The van der Waals surface area contributed by atoms with E-state index in [4.69, 9.17) is 10.00 Å². The van der Waals surface area contributed by atoms with Gasteiger partial charge in [-0.15, -0.1) is 0 Å². The van der Waals surface area contributed by atoms with Crippen molar-refractivity contribution in [3.8, 4) is 6.07 Å². The molecule has 0 bridgehead atoms. The summed E-state index contributed by atoms with van der Waals surface area (Å²) >= 11 is 0. The minimum absolute atomic E-state index is 0.0154. The van der Waals surface area contributed by atoms with E-state index in [1.807, 2.05) is 19.9 Å². The highest BCUT2D eigenvalue weighted by Gasteiger charge is 2.22. The third-order valence-electron chi connectivity index (χ3n) is 3.09. The molecule has 1 rings (SSSR count). The lowest BCUT2D eigenvalue weighted by Gasteiger charge is -2.27. The summed E-state index contributed by atoms with van der Waals surface area (Å²) in [6.45, 7) is 6.29. The van der Waals surface area contributed by atoms with Crippen molar-refractivity contribution in [1.29, 1.82) is 5.26 Å². The molecule has 0 aromatic heterocycles. The Balaban J connectivity index is 2.27. The Morgan fingerprint density at radius 3 is 2.53 bits per heavy atom. The minimum atomic E-state index is -0.654. The maximum Gasteiger partial charge on any atom is 0.237 e. The Morgan fingerprint density at radius 2 is 2.00 bits per heavy atom. The molecule has 6 heteroatoms. The van der Waals surface area contributed by atoms with Gasteiger partial charge < -0.3 is 15.0 Å². The van der Waals surface area contributed by atoms with Gasteiger partial charge in [0.15, 0.2) is 0 Å². The van der Waals surface area contributed by atoms with Crippen LogP contribution in [-0.4, -0.2) is 49.6 Å². The minimum Gasteiger partial charge on any atom is -0.378 e. The summed E-state index contributed by atoms with van der Waals surface area (Å²) in [5.41, 5.74) is 0. The van der Waals surface area contributed by atoms with Gasteiger partial charge in [0, 0.05) is 26.1 Å². The lowest BCUT2D eigenvalue weighted by Crippen LogP contribution is -2.42. The number of morpholine rings is 1. The number of rotatable bonds is 5. The number of nitriles is 1. The zero-order valence-corrected chi connectivity index (χ0v) is 11.5. The van der Waals surface area contributed by atoms with Crippen LogP contribution < -0.4 is 5.32 Å². The largest absolute Gasteiger partial charge is 0.378 e. The summed E-state index contributed by atoms with van der Waals surface area (Å²) in [6.07, 6.45) is 0.266. The average molecular weight is 267 g/mol. The Hall–Kier alpha value is -1.61. The molecule has 1 heterocycles. The second-order valence-corrected chi connectivity index (χ2v) is 4.88. The SMILES string of the molecule is CC(C)C(C#N)C(=O)NCCC(=O)N1CCOCC1. The Kier molecular flexibility index (Phi) is 6.30. The zero-order valence-electron chi connectivity index (χ0n) is 11.5. The van der Waals surface area contributed by atoms with Gasteiger partial charge in [-0.3, -0.25) is 9.59 Å². The van der Waals surface area contributed by atoms with Gasteiger partial charge in [0.1, 0.15) is 5.92 Å². The first-order valence-corrected chi connectivity index (χ1v) is 6.59. The Bertz CT molecular complexity index is 357. The highest BCUT2D eigenvalue weighted by molar-refractivity contribution is 5.82. The molecule has 1 atom stereocenters. The standard InChI is InChI=1S/C13H21N3O3/c1-10(2)11(9-14)13(18)15-4-3-12(17)16-5-7-19-8-6-16/h10-11H,3-8H2,1-2H3,(H,15,18). The predicted molar refractivity (Wildman–Crippen MR) is 69.0 cm³/mol. The van der Waals surface area contributed by atoms with E-state index in [0.29, 0.717) is 26.3 Å². The van der Waals surface area contributed by atoms with Gasteiger partial charge in [-0.2, -0.15) is 5.26 Å². The van der Waals surface area contributed by atoms with Crippen LogP contribution in [0.15, 0.2) is 0 Å². The van der Waals surface area contributed by atoms with Crippen molar-refractivity contribution >= 4 is 11.8 Å². The fourth-order valence-electron chi connectivity index (χ4n) is 1.88. The third kappa shape index (κ3) is 4.87. The summed E-state index contributed by atoms with van der Waals surface area (Å²) in [5.74, 6) is -0.965. The normalized spacial score (nSPS) is 16.8. The van der Waals surface area contributed by atoms with Gasteiger partial charge in [0.05, 0.1) is 19.3 Å². The molecular formula is C13H21N3O3.